The van der Waals surface area contributed by atoms with Gasteiger partial charge in [0, 0.05) is 24.9 Å². The molecule has 1 unspecified atom stereocenters. The van der Waals surface area contributed by atoms with Gasteiger partial charge in [0.2, 0.25) is 0 Å². The molecule has 0 saturated heterocycles. The zero-order valence-corrected chi connectivity index (χ0v) is 9.21. The minimum Gasteiger partial charge on any atom is -0.349 e. The Balaban J connectivity index is 2.34. The third kappa shape index (κ3) is 3.92. The predicted octanol–water partition coefficient (Wildman–Crippen LogP) is 2.12. The van der Waals surface area contributed by atoms with Crippen molar-refractivity contribution in [1.82, 2.24) is 15.3 Å². The molecule has 1 atom stereocenters. The summed E-state index contributed by atoms with van der Waals surface area (Å²) in [5, 5.41) is 3.55. The first-order valence-corrected chi connectivity index (χ1v) is 5.58. The highest BCUT2D eigenvalue weighted by Crippen LogP contribution is 2.03. The molecule has 2 N–H and O–H groups in total. The van der Waals surface area contributed by atoms with E-state index in [-0.39, 0.29) is 0 Å². The fourth-order valence-corrected chi connectivity index (χ4v) is 1.62. The number of aromatic nitrogens is 2. The van der Waals surface area contributed by atoms with Crippen LogP contribution in [0.3, 0.4) is 0 Å². The van der Waals surface area contributed by atoms with Crippen molar-refractivity contribution in [1.29, 1.82) is 0 Å². The molecule has 1 aromatic heterocycles. The minimum absolute atomic E-state index is 0.575. The predicted molar refractivity (Wildman–Crippen MR) is 59.3 cm³/mol. The van der Waals surface area contributed by atoms with Gasteiger partial charge < -0.3 is 10.3 Å². The van der Waals surface area contributed by atoms with Gasteiger partial charge in [0.05, 0.1) is 0 Å². The molecule has 0 spiro atoms. The van der Waals surface area contributed by atoms with Crippen molar-refractivity contribution in [2.75, 3.05) is 6.54 Å². The average Bonchev–Trinajstić information content (AvgIpc) is 2.67. The van der Waals surface area contributed by atoms with Crippen molar-refractivity contribution in [3.8, 4) is 0 Å². The Labute approximate surface area is 86.3 Å². The van der Waals surface area contributed by atoms with Gasteiger partial charge in [0.15, 0.2) is 0 Å². The first-order valence-electron chi connectivity index (χ1n) is 5.58. The highest BCUT2D eigenvalue weighted by Gasteiger charge is 2.08. The second kappa shape index (κ2) is 6.60. The largest absolute Gasteiger partial charge is 0.349 e. The summed E-state index contributed by atoms with van der Waals surface area (Å²) in [6.45, 7) is 5.52. The van der Waals surface area contributed by atoms with Crippen molar-refractivity contribution < 1.29 is 0 Å². The van der Waals surface area contributed by atoms with Gasteiger partial charge in [0.25, 0.3) is 0 Å². The lowest BCUT2D eigenvalue weighted by molar-refractivity contribution is 0.466. The molecule has 0 aliphatic carbocycles. The van der Waals surface area contributed by atoms with E-state index >= 15 is 0 Å². The molecule has 0 aliphatic heterocycles. The van der Waals surface area contributed by atoms with Gasteiger partial charge in [-0.3, -0.25) is 0 Å². The van der Waals surface area contributed by atoms with Gasteiger partial charge in [0.1, 0.15) is 5.82 Å². The zero-order valence-electron chi connectivity index (χ0n) is 9.21. The normalized spacial score (nSPS) is 13.0. The first-order chi connectivity index (χ1) is 6.86. The van der Waals surface area contributed by atoms with E-state index in [1.165, 1.54) is 19.3 Å². The van der Waals surface area contributed by atoms with E-state index in [9.17, 15) is 0 Å². The Morgan fingerprint density at radius 2 is 2.29 bits per heavy atom. The summed E-state index contributed by atoms with van der Waals surface area (Å²) in [5.74, 6) is 1.09. The summed E-state index contributed by atoms with van der Waals surface area (Å²) >= 11 is 0. The second-order valence-corrected chi connectivity index (χ2v) is 3.68. The van der Waals surface area contributed by atoms with E-state index in [1.807, 2.05) is 12.4 Å². The molecular weight excluding hydrogens is 174 g/mol. The SMILES string of the molecule is CCCNC(CCC)Cc1ncc[nH]1. The molecule has 14 heavy (non-hydrogen) atoms. The maximum atomic E-state index is 4.25. The Morgan fingerprint density at radius 3 is 2.86 bits per heavy atom. The number of hydrogen-bond acceptors (Lipinski definition) is 2. The second-order valence-electron chi connectivity index (χ2n) is 3.68. The molecule has 80 valence electrons. The standard InChI is InChI=1S/C11H21N3/c1-3-5-10(12-6-4-2)9-11-13-7-8-14-11/h7-8,10,12H,3-6,9H2,1-2H3,(H,13,14). The highest BCUT2D eigenvalue weighted by atomic mass is 14.9. The van der Waals surface area contributed by atoms with E-state index in [1.54, 1.807) is 0 Å². The summed E-state index contributed by atoms with van der Waals surface area (Å²) in [4.78, 5) is 7.40. The van der Waals surface area contributed by atoms with Crippen molar-refractivity contribution in [3.05, 3.63) is 18.2 Å². The molecule has 0 radical (unpaired) electrons. The number of nitrogens with one attached hydrogen (secondary N) is 2. The monoisotopic (exact) mass is 195 g/mol. The molecule has 0 fully saturated rings. The number of rotatable bonds is 7. The van der Waals surface area contributed by atoms with Crippen LogP contribution in [0.4, 0.5) is 0 Å². The number of imidazole rings is 1. The van der Waals surface area contributed by atoms with Crippen molar-refractivity contribution in [3.63, 3.8) is 0 Å². The lowest BCUT2D eigenvalue weighted by Crippen LogP contribution is -2.32. The highest BCUT2D eigenvalue weighted by molar-refractivity contribution is 4.91. The lowest BCUT2D eigenvalue weighted by atomic mass is 10.1. The number of nitrogens with zero attached hydrogens (tertiary/aromatic N) is 1. The molecule has 3 heteroatoms. The molecule has 0 saturated carbocycles. The fourth-order valence-electron chi connectivity index (χ4n) is 1.62. The third-order valence-corrected chi connectivity index (χ3v) is 2.31. The summed E-state index contributed by atoms with van der Waals surface area (Å²) in [5.41, 5.74) is 0. The van der Waals surface area contributed by atoms with E-state index in [2.05, 4.69) is 29.1 Å². The van der Waals surface area contributed by atoms with Gasteiger partial charge in [-0.15, -0.1) is 0 Å². The Hall–Kier alpha value is -0.830. The van der Waals surface area contributed by atoms with E-state index in [0.29, 0.717) is 6.04 Å². The Kier molecular flexibility index (Phi) is 5.30. The van der Waals surface area contributed by atoms with E-state index in [0.717, 1.165) is 18.8 Å². The molecule has 0 bridgehead atoms. The summed E-state index contributed by atoms with van der Waals surface area (Å²) in [7, 11) is 0. The third-order valence-electron chi connectivity index (χ3n) is 2.31. The van der Waals surface area contributed by atoms with Crippen LogP contribution in [0.2, 0.25) is 0 Å². The van der Waals surface area contributed by atoms with Gasteiger partial charge in [-0.25, -0.2) is 4.98 Å². The van der Waals surface area contributed by atoms with Crippen molar-refractivity contribution in [2.24, 2.45) is 0 Å². The van der Waals surface area contributed by atoms with Crippen LogP contribution in [0.5, 0.6) is 0 Å². The number of hydrogen-bond donors (Lipinski definition) is 2. The maximum Gasteiger partial charge on any atom is 0.107 e. The van der Waals surface area contributed by atoms with Crippen LogP contribution < -0.4 is 5.32 Å². The molecule has 1 rings (SSSR count). The summed E-state index contributed by atoms with van der Waals surface area (Å²) < 4.78 is 0. The summed E-state index contributed by atoms with van der Waals surface area (Å²) in [6, 6.07) is 0.575. The van der Waals surface area contributed by atoms with Crippen molar-refractivity contribution >= 4 is 0 Å². The first kappa shape index (κ1) is 11.2. The molecule has 0 amide bonds. The zero-order chi connectivity index (χ0) is 10.2. The Bertz CT molecular complexity index is 218. The fraction of sp³-hybridized carbons (Fsp3) is 0.727. The maximum absolute atomic E-state index is 4.25. The van der Waals surface area contributed by atoms with Crippen LogP contribution >= 0.6 is 0 Å². The number of H-pyrrole nitrogens is 1. The van der Waals surface area contributed by atoms with Gasteiger partial charge in [-0.1, -0.05) is 20.3 Å². The molecule has 1 heterocycles. The smallest absolute Gasteiger partial charge is 0.107 e. The van der Waals surface area contributed by atoms with Gasteiger partial charge in [-0.2, -0.15) is 0 Å². The van der Waals surface area contributed by atoms with Crippen LogP contribution in [0.25, 0.3) is 0 Å². The van der Waals surface area contributed by atoms with Gasteiger partial charge >= 0.3 is 0 Å². The summed E-state index contributed by atoms with van der Waals surface area (Å²) in [6.07, 6.45) is 8.36. The molecule has 0 aromatic carbocycles. The van der Waals surface area contributed by atoms with Crippen LogP contribution in [-0.4, -0.2) is 22.6 Å². The van der Waals surface area contributed by atoms with Gasteiger partial charge in [-0.05, 0) is 19.4 Å². The topological polar surface area (TPSA) is 40.7 Å². The van der Waals surface area contributed by atoms with E-state index in [4.69, 9.17) is 0 Å². The van der Waals surface area contributed by atoms with Crippen LogP contribution in [0.15, 0.2) is 12.4 Å². The van der Waals surface area contributed by atoms with Crippen molar-refractivity contribution in [2.45, 2.75) is 45.6 Å². The molecular formula is C11H21N3. The van der Waals surface area contributed by atoms with Crippen LogP contribution in [0, 0.1) is 0 Å². The van der Waals surface area contributed by atoms with Crippen LogP contribution in [-0.2, 0) is 6.42 Å². The Morgan fingerprint density at radius 1 is 1.43 bits per heavy atom. The molecule has 0 aliphatic rings. The minimum atomic E-state index is 0.575. The average molecular weight is 195 g/mol. The molecule has 1 aromatic rings. The number of aromatic amines is 1. The lowest BCUT2D eigenvalue weighted by Gasteiger charge is -2.16. The van der Waals surface area contributed by atoms with Crippen LogP contribution in [0.1, 0.15) is 38.9 Å². The quantitative estimate of drug-likeness (QED) is 0.699. The molecule has 3 nitrogen and oxygen atoms in total. The van der Waals surface area contributed by atoms with E-state index < -0.39 is 0 Å².